The quantitative estimate of drug-likeness (QED) is 0.821. The van der Waals surface area contributed by atoms with Crippen molar-refractivity contribution >= 4 is 5.78 Å². The van der Waals surface area contributed by atoms with Crippen LogP contribution in [0.1, 0.15) is 5.56 Å². The van der Waals surface area contributed by atoms with Gasteiger partial charge in [0.15, 0.2) is 5.78 Å². The standard InChI is InChI=1S/C11H13F2NO2/c1-16-6-10(14)11(15)4-7-2-3-8(12)5-9(7)13/h2-3,5,10H,4,6,14H2,1H3. The second-order valence-electron chi connectivity index (χ2n) is 3.44. The van der Waals surface area contributed by atoms with E-state index in [0.717, 1.165) is 12.1 Å². The number of hydrogen-bond acceptors (Lipinski definition) is 3. The van der Waals surface area contributed by atoms with Gasteiger partial charge in [-0.1, -0.05) is 6.07 Å². The molecule has 0 aliphatic rings. The molecule has 1 rings (SSSR count). The first-order valence-electron chi connectivity index (χ1n) is 4.75. The number of methoxy groups -OCH3 is 1. The first-order valence-corrected chi connectivity index (χ1v) is 4.75. The summed E-state index contributed by atoms with van der Waals surface area (Å²) in [7, 11) is 1.42. The number of nitrogens with two attached hydrogens (primary N) is 1. The Hall–Kier alpha value is -1.33. The second kappa shape index (κ2) is 5.67. The lowest BCUT2D eigenvalue weighted by molar-refractivity contribution is -0.120. The molecule has 1 unspecified atom stereocenters. The zero-order chi connectivity index (χ0) is 12.1. The lowest BCUT2D eigenvalue weighted by Gasteiger charge is -2.09. The van der Waals surface area contributed by atoms with Crippen LogP contribution in [0.15, 0.2) is 18.2 Å². The monoisotopic (exact) mass is 229 g/mol. The van der Waals surface area contributed by atoms with Crippen molar-refractivity contribution in [2.45, 2.75) is 12.5 Å². The van der Waals surface area contributed by atoms with Gasteiger partial charge in [-0.3, -0.25) is 4.79 Å². The number of carbonyl (C=O) groups excluding carboxylic acids is 1. The maximum Gasteiger partial charge on any atom is 0.156 e. The van der Waals surface area contributed by atoms with Gasteiger partial charge in [0.05, 0.1) is 12.6 Å². The average Bonchev–Trinajstić information content (AvgIpc) is 2.22. The molecule has 0 fully saturated rings. The van der Waals surface area contributed by atoms with E-state index in [1.165, 1.54) is 13.2 Å². The molecule has 0 saturated carbocycles. The number of halogens is 2. The molecule has 5 heteroatoms. The van der Waals surface area contributed by atoms with Crippen LogP contribution in [0.3, 0.4) is 0 Å². The third-order valence-electron chi connectivity index (χ3n) is 2.14. The Morgan fingerprint density at radius 1 is 1.50 bits per heavy atom. The average molecular weight is 229 g/mol. The van der Waals surface area contributed by atoms with Crippen molar-refractivity contribution < 1.29 is 18.3 Å². The fourth-order valence-electron chi connectivity index (χ4n) is 1.26. The summed E-state index contributed by atoms with van der Waals surface area (Å²) in [6.45, 7) is 0.0850. The number of rotatable bonds is 5. The Labute approximate surface area is 92.2 Å². The van der Waals surface area contributed by atoms with Crippen molar-refractivity contribution in [2.75, 3.05) is 13.7 Å². The van der Waals surface area contributed by atoms with Gasteiger partial charge in [-0.05, 0) is 11.6 Å². The summed E-state index contributed by atoms with van der Waals surface area (Å²) in [5, 5.41) is 0. The SMILES string of the molecule is COCC(N)C(=O)Cc1ccc(F)cc1F. The molecule has 0 amide bonds. The topological polar surface area (TPSA) is 52.3 Å². The largest absolute Gasteiger partial charge is 0.383 e. The summed E-state index contributed by atoms with van der Waals surface area (Å²) in [6, 6.07) is 2.30. The minimum absolute atomic E-state index is 0.0850. The molecule has 0 spiro atoms. The van der Waals surface area contributed by atoms with Crippen molar-refractivity contribution in [1.29, 1.82) is 0 Å². The van der Waals surface area contributed by atoms with E-state index in [-0.39, 0.29) is 24.4 Å². The van der Waals surface area contributed by atoms with E-state index < -0.39 is 17.7 Å². The van der Waals surface area contributed by atoms with Crippen LogP contribution >= 0.6 is 0 Å². The van der Waals surface area contributed by atoms with Crippen molar-refractivity contribution in [3.63, 3.8) is 0 Å². The Kier molecular flexibility index (Phi) is 4.52. The molecule has 0 heterocycles. The molecular weight excluding hydrogens is 216 g/mol. The molecule has 0 radical (unpaired) electrons. The normalized spacial score (nSPS) is 12.5. The van der Waals surface area contributed by atoms with Gasteiger partial charge in [-0.2, -0.15) is 0 Å². The first kappa shape index (κ1) is 12.7. The minimum Gasteiger partial charge on any atom is -0.383 e. The van der Waals surface area contributed by atoms with Crippen LogP contribution in [0.5, 0.6) is 0 Å². The fraction of sp³-hybridized carbons (Fsp3) is 0.364. The maximum absolute atomic E-state index is 13.2. The molecular formula is C11H13F2NO2. The zero-order valence-electron chi connectivity index (χ0n) is 8.87. The van der Waals surface area contributed by atoms with Crippen LogP contribution in [0.4, 0.5) is 8.78 Å². The number of ether oxygens (including phenoxy) is 1. The number of hydrogen-bond donors (Lipinski definition) is 1. The Bertz CT molecular complexity index is 382. The zero-order valence-corrected chi connectivity index (χ0v) is 8.87. The van der Waals surface area contributed by atoms with Gasteiger partial charge in [-0.25, -0.2) is 8.78 Å². The smallest absolute Gasteiger partial charge is 0.156 e. The van der Waals surface area contributed by atoms with Crippen LogP contribution in [-0.4, -0.2) is 25.5 Å². The Morgan fingerprint density at radius 2 is 2.19 bits per heavy atom. The Balaban J connectivity index is 2.69. The highest BCUT2D eigenvalue weighted by Crippen LogP contribution is 2.10. The van der Waals surface area contributed by atoms with E-state index in [0.29, 0.717) is 0 Å². The summed E-state index contributed by atoms with van der Waals surface area (Å²) in [5.74, 6) is -1.75. The van der Waals surface area contributed by atoms with E-state index in [9.17, 15) is 13.6 Å². The Morgan fingerprint density at radius 3 is 2.75 bits per heavy atom. The second-order valence-corrected chi connectivity index (χ2v) is 3.44. The molecule has 0 saturated heterocycles. The fourth-order valence-corrected chi connectivity index (χ4v) is 1.26. The molecule has 3 nitrogen and oxygen atoms in total. The minimum atomic E-state index is -0.783. The molecule has 0 aliphatic carbocycles. The van der Waals surface area contributed by atoms with E-state index in [2.05, 4.69) is 0 Å². The van der Waals surface area contributed by atoms with Crippen LogP contribution in [0.2, 0.25) is 0 Å². The number of Topliss-reactive ketones (excluding diaryl/α,β-unsaturated/α-hetero) is 1. The van der Waals surface area contributed by atoms with Gasteiger partial charge in [-0.15, -0.1) is 0 Å². The third-order valence-corrected chi connectivity index (χ3v) is 2.14. The van der Waals surface area contributed by atoms with Crippen molar-refractivity contribution in [3.05, 3.63) is 35.4 Å². The molecule has 2 N–H and O–H groups in total. The molecule has 0 aromatic heterocycles. The molecule has 88 valence electrons. The lowest BCUT2D eigenvalue weighted by atomic mass is 10.0. The maximum atomic E-state index is 13.2. The summed E-state index contributed by atoms with van der Waals surface area (Å²) in [4.78, 5) is 11.5. The van der Waals surface area contributed by atoms with Gasteiger partial charge in [0.2, 0.25) is 0 Å². The van der Waals surface area contributed by atoms with Gasteiger partial charge < -0.3 is 10.5 Å². The predicted octanol–water partition coefficient (Wildman–Crippen LogP) is 1.05. The van der Waals surface area contributed by atoms with Gasteiger partial charge >= 0.3 is 0 Å². The number of benzene rings is 1. The molecule has 16 heavy (non-hydrogen) atoms. The molecule has 0 aliphatic heterocycles. The highest BCUT2D eigenvalue weighted by atomic mass is 19.1. The van der Waals surface area contributed by atoms with Crippen LogP contribution in [0.25, 0.3) is 0 Å². The van der Waals surface area contributed by atoms with Crippen molar-refractivity contribution in [3.8, 4) is 0 Å². The summed E-state index contributed by atoms with van der Waals surface area (Å²) >= 11 is 0. The third kappa shape index (κ3) is 3.36. The van der Waals surface area contributed by atoms with Gasteiger partial charge in [0.25, 0.3) is 0 Å². The number of ketones is 1. The van der Waals surface area contributed by atoms with Crippen LogP contribution in [0, 0.1) is 11.6 Å². The van der Waals surface area contributed by atoms with E-state index >= 15 is 0 Å². The van der Waals surface area contributed by atoms with Gasteiger partial charge in [0, 0.05) is 19.6 Å². The predicted molar refractivity (Wildman–Crippen MR) is 54.9 cm³/mol. The molecule has 1 aromatic carbocycles. The summed E-state index contributed by atoms with van der Waals surface area (Å²) < 4.78 is 30.5. The van der Waals surface area contributed by atoms with Crippen LogP contribution in [-0.2, 0) is 16.0 Å². The molecule has 0 bridgehead atoms. The lowest BCUT2D eigenvalue weighted by Crippen LogP contribution is -2.36. The van der Waals surface area contributed by atoms with Crippen molar-refractivity contribution in [1.82, 2.24) is 0 Å². The van der Waals surface area contributed by atoms with Crippen molar-refractivity contribution in [2.24, 2.45) is 5.73 Å². The first-order chi connectivity index (χ1) is 7.54. The van der Waals surface area contributed by atoms with E-state index in [1.54, 1.807) is 0 Å². The van der Waals surface area contributed by atoms with Crippen LogP contribution < -0.4 is 5.73 Å². The summed E-state index contributed by atoms with van der Waals surface area (Å²) in [5.41, 5.74) is 5.62. The highest BCUT2D eigenvalue weighted by molar-refractivity contribution is 5.86. The summed E-state index contributed by atoms with van der Waals surface area (Å²) in [6.07, 6.45) is -0.156. The van der Waals surface area contributed by atoms with E-state index in [1.807, 2.05) is 0 Å². The van der Waals surface area contributed by atoms with E-state index in [4.69, 9.17) is 10.5 Å². The molecule has 1 aromatic rings. The van der Waals surface area contributed by atoms with Gasteiger partial charge in [0.1, 0.15) is 11.6 Å². The highest BCUT2D eigenvalue weighted by Gasteiger charge is 2.15. The number of carbonyl (C=O) groups is 1. The molecule has 1 atom stereocenters.